The van der Waals surface area contributed by atoms with Gasteiger partial charge in [-0.05, 0) is 37.3 Å². The van der Waals surface area contributed by atoms with Crippen LogP contribution in [-0.4, -0.2) is 35.4 Å². The summed E-state index contributed by atoms with van der Waals surface area (Å²) in [6.45, 7) is 0.618. The molecular formula is C22H23AuN6. The molecule has 0 unspecified atom stereocenters. The number of guanidine groups is 2. The Labute approximate surface area is 187 Å². The van der Waals surface area contributed by atoms with Crippen molar-refractivity contribution in [3.05, 3.63) is 102 Å². The molecule has 152 valence electrons. The van der Waals surface area contributed by atoms with Crippen LogP contribution < -0.4 is 5.73 Å². The zero-order valence-electron chi connectivity index (χ0n) is 16.1. The molecule has 6 nitrogen and oxygen atoms in total. The van der Waals surface area contributed by atoms with Crippen molar-refractivity contribution < 1.29 is 22.4 Å². The Morgan fingerprint density at radius 1 is 1.10 bits per heavy atom. The van der Waals surface area contributed by atoms with E-state index < -0.39 is 5.96 Å². The maximum absolute atomic E-state index is 9.42. The number of pyridine rings is 1. The van der Waals surface area contributed by atoms with Gasteiger partial charge in [-0.2, -0.15) is 0 Å². The summed E-state index contributed by atoms with van der Waals surface area (Å²) in [5.74, 6) is -0.632. The van der Waals surface area contributed by atoms with E-state index in [1.54, 1.807) is 18.1 Å². The molecule has 7 heteroatoms. The zero-order valence-corrected chi connectivity index (χ0v) is 18.3. The summed E-state index contributed by atoms with van der Waals surface area (Å²) in [4.78, 5) is 9.22. The predicted molar refractivity (Wildman–Crippen MR) is 116 cm³/mol. The van der Waals surface area contributed by atoms with E-state index in [1.807, 2.05) is 72.8 Å². The van der Waals surface area contributed by atoms with Crippen molar-refractivity contribution in [2.24, 2.45) is 10.7 Å². The van der Waals surface area contributed by atoms with Gasteiger partial charge in [0.15, 0.2) is 0 Å². The van der Waals surface area contributed by atoms with Crippen molar-refractivity contribution in [3.8, 4) is 11.3 Å². The predicted octanol–water partition coefficient (Wildman–Crippen LogP) is 4.00. The number of aromatic nitrogens is 1. The molecule has 0 amide bonds. The van der Waals surface area contributed by atoms with Gasteiger partial charge in [-0.3, -0.25) is 0 Å². The number of benzene rings is 2. The molecule has 1 aromatic heterocycles. The Bertz CT molecular complexity index is 828. The minimum Gasteiger partial charge on any atom is -0.454 e. The summed E-state index contributed by atoms with van der Waals surface area (Å²) in [5, 5.41) is 9.42. The van der Waals surface area contributed by atoms with Gasteiger partial charge in [0.2, 0.25) is 0 Å². The number of rotatable bonds is 4. The van der Waals surface area contributed by atoms with E-state index >= 15 is 0 Å². The molecule has 0 atom stereocenters. The zero-order chi connectivity index (χ0) is 20.2. The number of hydrogen-bond acceptors (Lipinski definition) is 1. The van der Waals surface area contributed by atoms with E-state index in [4.69, 9.17) is 11.5 Å². The van der Waals surface area contributed by atoms with Gasteiger partial charge in [0.25, 0.3) is 0 Å². The largest absolute Gasteiger partial charge is 3.00 e. The molecule has 3 aromatic rings. The molecule has 0 spiro atoms. The molecule has 0 fully saturated rings. The van der Waals surface area contributed by atoms with Crippen LogP contribution in [0.2, 0.25) is 0 Å². The van der Waals surface area contributed by atoms with Crippen molar-refractivity contribution in [1.82, 2.24) is 9.88 Å². The molecule has 3 N–H and O–H groups in total. The van der Waals surface area contributed by atoms with Crippen molar-refractivity contribution in [3.63, 3.8) is 0 Å². The van der Waals surface area contributed by atoms with Crippen LogP contribution in [-0.2, 0) is 28.8 Å². The van der Waals surface area contributed by atoms with Crippen LogP contribution in [0.5, 0.6) is 0 Å². The quantitative estimate of drug-likeness (QED) is 0.223. The van der Waals surface area contributed by atoms with E-state index in [9.17, 15) is 5.41 Å². The van der Waals surface area contributed by atoms with Gasteiger partial charge in [-0.15, -0.1) is 35.9 Å². The third kappa shape index (κ3) is 9.21. The first-order valence-electron chi connectivity index (χ1n) is 8.81. The molecule has 0 saturated carbocycles. The van der Waals surface area contributed by atoms with Crippen LogP contribution >= 0.6 is 0 Å². The van der Waals surface area contributed by atoms with Crippen LogP contribution in [0.3, 0.4) is 0 Å². The minimum absolute atomic E-state index is 0. The maximum atomic E-state index is 9.42. The molecule has 2 aromatic carbocycles. The van der Waals surface area contributed by atoms with Crippen molar-refractivity contribution in [1.29, 1.82) is 0 Å². The third-order valence-corrected chi connectivity index (χ3v) is 3.79. The van der Waals surface area contributed by atoms with Gasteiger partial charge >= 0.3 is 22.4 Å². The normalized spacial score (nSPS) is 10.2. The molecule has 1 heterocycles. The second kappa shape index (κ2) is 13.3. The second-order valence-corrected chi connectivity index (χ2v) is 5.95. The average molecular weight is 568 g/mol. The third-order valence-electron chi connectivity index (χ3n) is 3.79. The molecule has 0 saturated heterocycles. The molecule has 0 radical (unpaired) electrons. The number of nitrogens with two attached hydrogens (primary N) is 1. The topological polar surface area (TPSA) is 101 Å². The van der Waals surface area contributed by atoms with Gasteiger partial charge in [-0.1, -0.05) is 42.5 Å². The summed E-state index contributed by atoms with van der Waals surface area (Å²) < 4.78 is 0. The summed E-state index contributed by atoms with van der Waals surface area (Å²) in [6.07, 6.45) is 2.59. The van der Waals surface area contributed by atoms with E-state index in [1.165, 1.54) is 5.56 Å². The fraction of sp³-hybridized carbons (Fsp3) is 0.136. The van der Waals surface area contributed by atoms with Gasteiger partial charge in [0.1, 0.15) is 0 Å². The second-order valence-electron chi connectivity index (χ2n) is 5.95. The number of hydrogen-bond donors (Lipinski definition) is 1. The van der Waals surface area contributed by atoms with Gasteiger partial charge in [-0.25, -0.2) is 0 Å². The van der Waals surface area contributed by atoms with E-state index in [0.29, 0.717) is 6.54 Å². The molecule has 0 aliphatic rings. The molecular weight excluding hydrogens is 545 g/mol. The fourth-order valence-corrected chi connectivity index (χ4v) is 2.31. The Balaban J connectivity index is 0.000000289. The number of likely N-dealkylation sites (N-methyl/N-ethyl adjacent to an activating group) is 1. The Hall–Kier alpha value is -2.93. The smallest absolute Gasteiger partial charge is 0.454 e. The number of nitrogens with one attached hydrogen (secondary N) is 1. The number of aliphatic imine (C=N–C) groups is 1. The maximum Gasteiger partial charge on any atom is 3.00 e. The monoisotopic (exact) mass is 568 g/mol. The Morgan fingerprint density at radius 2 is 1.79 bits per heavy atom. The number of nitrogens with zero attached hydrogens (tertiary/aromatic N) is 4. The molecule has 3 rings (SSSR count). The summed E-state index contributed by atoms with van der Waals surface area (Å²) in [5.41, 5.74) is 15.2. The van der Waals surface area contributed by atoms with Crippen LogP contribution in [0, 0.1) is 6.07 Å². The molecule has 0 aliphatic carbocycles. The van der Waals surface area contributed by atoms with E-state index in [0.717, 1.165) is 17.7 Å². The van der Waals surface area contributed by atoms with E-state index in [2.05, 4.69) is 16.0 Å². The van der Waals surface area contributed by atoms with Crippen LogP contribution in [0.4, 0.5) is 0 Å². The van der Waals surface area contributed by atoms with Gasteiger partial charge in [0, 0.05) is 18.1 Å². The SMILES string of the molecule is CN(CCc1ccccc1)C(=[N-])/N=C(\[NH-])N.[Au+3].[c-]1ccccc1-c1ccccn1. The minimum atomic E-state index is -0.399. The molecule has 0 aliphatic heterocycles. The summed E-state index contributed by atoms with van der Waals surface area (Å²) in [7, 11) is 1.70. The van der Waals surface area contributed by atoms with Crippen molar-refractivity contribution in [2.45, 2.75) is 6.42 Å². The summed E-state index contributed by atoms with van der Waals surface area (Å²) >= 11 is 0. The average Bonchev–Trinajstić information content (AvgIpc) is 2.74. The first-order valence-corrected chi connectivity index (χ1v) is 8.81. The Morgan fingerprint density at radius 3 is 2.38 bits per heavy atom. The first-order chi connectivity index (χ1) is 13.6. The van der Waals surface area contributed by atoms with Gasteiger partial charge < -0.3 is 31.8 Å². The van der Waals surface area contributed by atoms with Crippen LogP contribution in [0.1, 0.15) is 5.56 Å². The fourth-order valence-electron chi connectivity index (χ4n) is 2.31. The first kappa shape index (κ1) is 24.1. The van der Waals surface area contributed by atoms with Crippen LogP contribution in [0.25, 0.3) is 22.4 Å². The summed E-state index contributed by atoms with van der Waals surface area (Å²) in [6, 6.07) is 26.8. The Kier molecular flexibility index (Phi) is 11.0. The van der Waals surface area contributed by atoms with Crippen molar-refractivity contribution in [2.75, 3.05) is 13.6 Å². The van der Waals surface area contributed by atoms with Crippen LogP contribution in [0.15, 0.2) is 84.0 Å². The van der Waals surface area contributed by atoms with Gasteiger partial charge in [0.05, 0.1) is 0 Å². The molecule has 29 heavy (non-hydrogen) atoms. The van der Waals surface area contributed by atoms with Crippen molar-refractivity contribution >= 4 is 11.9 Å². The molecule has 0 bridgehead atoms. The standard InChI is InChI=1S/C11H15N5.C11H8N.Au/c1-16(11(14)15-10(12)13)8-7-9-5-3-2-4-6-9;1-2-6-10(7-3-1)11-8-4-5-9-12-11;/h2-6H,7-8H2,1H3,(H3-2,12,13,14,15);1-6,8-9H;/q-2;-1;+3. The van der Waals surface area contributed by atoms with E-state index in [-0.39, 0.29) is 28.3 Å².